The first-order valence-electron chi connectivity index (χ1n) is 10.8. The standard InChI is InChI=1S/C26H22F3NO4S/c1-15(2)34-19-10-8-17(9-11-19)23(31)21-22(20-7-4-12-35-20)30(25(33)24(21)32)14-16-5-3-6-18(13-16)26(27,28)29/h3-13,15,22,31H,14H2,1-2H3/b23-21-. The predicted molar refractivity (Wildman–Crippen MR) is 126 cm³/mol. The Morgan fingerprint density at radius 3 is 2.40 bits per heavy atom. The minimum Gasteiger partial charge on any atom is -0.507 e. The molecule has 5 nitrogen and oxygen atoms in total. The van der Waals surface area contributed by atoms with Crippen molar-refractivity contribution in [2.24, 2.45) is 0 Å². The molecule has 182 valence electrons. The highest BCUT2D eigenvalue weighted by Gasteiger charge is 2.46. The molecule has 1 aliphatic rings. The van der Waals surface area contributed by atoms with Crippen molar-refractivity contribution in [2.75, 3.05) is 0 Å². The van der Waals surface area contributed by atoms with Crippen LogP contribution in [0.3, 0.4) is 0 Å². The summed E-state index contributed by atoms with van der Waals surface area (Å²) in [6.07, 6.45) is -4.59. The Hall–Kier alpha value is -3.59. The van der Waals surface area contributed by atoms with Crippen LogP contribution in [0.2, 0.25) is 0 Å². The van der Waals surface area contributed by atoms with Gasteiger partial charge in [0.15, 0.2) is 0 Å². The van der Waals surface area contributed by atoms with Crippen molar-refractivity contribution in [2.45, 2.75) is 38.7 Å². The van der Waals surface area contributed by atoms with Gasteiger partial charge in [0.05, 0.1) is 23.3 Å². The van der Waals surface area contributed by atoms with Crippen LogP contribution >= 0.6 is 11.3 Å². The highest BCUT2D eigenvalue weighted by Crippen LogP contribution is 2.42. The van der Waals surface area contributed by atoms with Crippen molar-refractivity contribution in [3.63, 3.8) is 0 Å². The van der Waals surface area contributed by atoms with E-state index in [0.717, 1.165) is 12.1 Å². The number of ketones is 1. The highest BCUT2D eigenvalue weighted by atomic mass is 32.1. The van der Waals surface area contributed by atoms with Gasteiger partial charge in [-0.1, -0.05) is 18.2 Å². The number of hydrogen-bond acceptors (Lipinski definition) is 5. The zero-order valence-electron chi connectivity index (χ0n) is 18.9. The number of aliphatic hydroxyl groups excluding tert-OH is 1. The summed E-state index contributed by atoms with van der Waals surface area (Å²) >= 11 is 1.28. The van der Waals surface area contributed by atoms with Gasteiger partial charge in [0, 0.05) is 17.0 Å². The van der Waals surface area contributed by atoms with Gasteiger partial charge in [-0.05, 0) is 67.3 Å². The van der Waals surface area contributed by atoms with E-state index < -0.39 is 29.5 Å². The number of amides is 1. The Morgan fingerprint density at radius 1 is 1.09 bits per heavy atom. The molecule has 1 aromatic heterocycles. The average molecular weight is 502 g/mol. The van der Waals surface area contributed by atoms with E-state index in [-0.39, 0.29) is 29.5 Å². The first-order chi connectivity index (χ1) is 16.6. The number of likely N-dealkylation sites (tertiary alicyclic amines) is 1. The lowest BCUT2D eigenvalue weighted by Gasteiger charge is -2.24. The number of carbonyl (C=O) groups is 2. The molecule has 0 spiro atoms. The summed E-state index contributed by atoms with van der Waals surface area (Å²) in [4.78, 5) is 27.9. The second-order valence-corrected chi connectivity index (χ2v) is 9.31. The van der Waals surface area contributed by atoms with Gasteiger partial charge in [0.2, 0.25) is 0 Å². The molecule has 1 saturated heterocycles. The fourth-order valence-corrected chi connectivity index (χ4v) is 4.79. The highest BCUT2D eigenvalue weighted by molar-refractivity contribution is 7.10. The summed E-state index contributed by atoms with van der Waals surface area (Å²) in [7, 11) is 0. The zero-order valence-corrected chi connectivity index (χ0v) is 19.7. The fraction of sp³-hybridized carbons (Fsp3) is 0.231. The Balaban J connectivity index is 1.75. The van der Waals surface area contributed by atoms with Gasteiger partial charge in [0.25, 0.3) is 11.7 Å². The maximum Gasteiger partial charge on any atom is 0.416 e. The Bertz CT molecular complexity index is 1260. The molecule has 9 heteroatoms. The van der Waals surface area contributed by atoms with Crippen molar-refractivity contribution in [1.82, 2.24) is 4.90 Å². The van der Waals surface area contributed by atoms with Crippen molar-refractivity contribution < 1.29 is 32.6 Å². The van der Waals surface area contributed by atoms with E-state index >= 15 is 0 Å². The monoisotopic (exact) mass is 501 g/mol. The lowest BCUT2D eigenvalue weighted by Crippen LogP contribution is -2.29. The number of rotatable bonds is 6. The van der Waals surface area contributed by atoms with Gasteiger partial charge in [0.1, 0.15) is 11.5 Å². The second kappa shape index (κ2) is 9.58. The summed E-state index contributed by atoms with van der Waals surface area (Å²) in [6.45, 7) is 3.52. The number of aliphatic hydroxyl groups is 1. The van der Waals surface area contributed by atoms with Gasteiger partial charge in [-0.3, -0.25) is 9.59 Å². The van der Waals surface area contributed by atoms with Gasteiger partial charge in [-0.2, -0.15) is 13.2 Å². The van der Waals surface area contributed by atoms with E-state index in [1.165, 1.54) is 28.4 Å². The summed E-state index contributed by atoms with van der Waals surface area (Å²) in [6, 6.07) is 13.6. The van der Waals surface area contributed by atoms with E-state index in [1.807, 2.05) is 13.8 Å². The molecule has 0 bridgehead atoms. The maximum absolute atomic E-state index is 13.2. The SMILES string of the molecule is CC(C)Oc1ccc(/C(O)=C2/C(=O)C(=O)N(Cc3cccc(C(F)(F)F)c3)C2c2cccs2)cc1. The molecule has 4 rings (SSSR count). The van der Waals surface area contributed by atoms with Gasteiger partial charge < -0.3 is 14.7 Å². The van der Waals surface area contributed by atoms with E-state index in [0.29, 0.717) is 16.2 Å². The molecule has 1 atom stereocenters. The van der Waals surface area contributed by atoms with Gasteiger partial charge >= 0.3 is 6.18 Å². The average Bonchev–Trinajstić information content (AvgIpc) is 3.41. The normalized spacial score (nSPS) is 17.9. The molecule has 1 fully saturated rings. The Morgan fingerprint density at radius 2 is 1.80 bits per heavy atom. The Kier molecular flexibility index (Phi) is 6.71. The minimum absolute atomic E-state index is 0.0468. The molecular weight excluding hydrogens is 479 g/mol. The number of carbonyl (C=O) groups excluding carboxylic acids is 2. The number of ether oxygens (including phenoxy) is 1. The van der Waals surface area contributed by atoms with E-state index in [4.69, 9.17) is 4.74 Å². The third-order valence-corrected chi connectivity index (χ3v) is 6.38. The van der Waals surface area contributed by atoms with Crippen LogP contribution in [0.25, 0.3) is 5.76 Å². The van der Waals surface area contributed by atoms with E-state index in [2.05, 4.69) is 0 Å². The number of benzene rings is 2. The van der Waals surface area contributed by atoms with Crippen molar-refractivity contribution in [1.29, 1.82) is 0 Å². The summed E-state index contributed by atoms with van der Waals surface area (Å²) in [5, 5.41) is 12.8. The molecule has 35 heavy (non-hydrogen) atoms. The molecule has 0 radical (unpaired) electrons. The van der Waals surface area contributed by atoms with Crippen molar-refractivity contribution in [3.8, 4) is 5.75 Å². The Labute approximate surface area is 204 Å². The van der Waals surface area contributed by atoms with Crippen LogP contribution in [0.4, 0.5) is 13.2 Å². The van der Waals surface area contributed by atoms with Gasteiger partial charge in [-0.15, -0.1) is 11.3 Å². The topological polar surface area (TPSA) is 66.8 Å². The maximum atomic E-state index is 13.2. The predicted octanol–water partition coefficient (Wildman–Crippen LogP) is 6.18. The van der Waals surface area contributed by atoms with E-state index in [9.17, 15) is 27.9 Å². The van der Waals surface area contributed by atoms with Crippen LogP contribution in [-0.2, 0) is 22.3 Å². The van der Waals surface area contributed by atoms with Gasteiger partial charge in [-0.25, -0.2) is 0 Å². The quantitative estimate of drug-likeness (QED) is 0.249. The van der Waals surface area contributed by atoms with Crippen LogP contribution in [0.1, 0.15) is 41.5 Å². The number of nitrogens with zero attached hydrogens (tertiary/aromatic N) is 1. The molecule has 0 aliphatic carbocycles. The van der Waals surface area contributed by atoms with Crippen LogP contribution < -0.4 is 4.74 Å². The number of alkyl halides is 3. The molecule has 1 N–H and O–H groups in total. The minimum atomic E-state index is -4.54. The summed E-state index contributed by atoms with van der Waals surface area (Å²) < 4.78 is 45.2. The zero-order chi connectivity index (χ0) is 25.3. The second-order valence-electron chi connectivity index (χ2n) is 8.33. The number of hydrogen-bond donors (Lipinski definition) is 1. The molecule has 3 aromatic rings. The largest absolute Gasteiger partial charge is 0.507 e. The number of halogens is 3. The van der Waals surface area contributed by atoms with Crippen LogP contribution in [-0.4, -0.2) is 27.8 Å². The smallest absolute Gasteiger partial charge is 0.416 e. The van der Waals surface area contributed by atoms with Crippen molar-refractivity contribution in [3.05, 3.63) is 93.2 Å². The first kappa shape index (κ1) is 24.5. The van der Waals surface area contributed by atoms with Crippen molar-refractivity contribution >= 4 is 28.8 Å². The van der Waals surface area contributed by atoms with Crippen LogP contribution in [0.15, 0.2) is 71.6 Å². The molecule has 1 aliphatic heterocycles. The molecular formula is C26H22F3NO4S. The van der Waals surface area contributed by atoms with Crippen LogP contribution in [0.5, 0.6) is 5.75 Å². The first-order valence-corrected chi connectivity index (χ1v) is 11.7. The molecule has 1 unspecified atom stereocenters. The number of thiophene rings is 1. The molecule has 0 saturated carbocycles. The lowest BCUT2D eigenvalue weighted by molar-refractivity contribution is -0.140. The lowest BCUT2D eigenvalue weighted by atomic mass is 9.99. The number of Topliss-reactive ketones (excluding diaryl/α,β-unsaturated/α-hetero) is 1. The molecule has 2 heterocycles. The molecule has 2 aromatic carbocycles. The summed E-state index contributed by atoms with van der Waals surface area (Å²) in [5.74, 6) is -1.56. The van der Waals surface area contributed by atoms with Crippen LogP contribution in [0, 0.1) is 0 Å². The summed E-state index contributed by atoms with van der Waals surface area (Å²) in [5.41, 5.74) is -0.414. The fourth-order valence-electron chi connectivity index (χ4n) is 3.95. The third kappa shape index (κ3) is 5.09. The third-order valence-electron chi connectivity index (χ3n) is 5.46. The molecule has 1 amide bonds. The van der Waals surface area contributed by atoms with E-state index in [1.54, 1.807) is 41.8 Å².